The predicted octanol–water partition coefficient (Wildman–Crippen LogP) is 0.938. The third kappa shape index (κ3) is 3.57. The van der Waals surface area contributed by atoms with Crippen molar-refractivity contribution < 1.29 is 14.6 Å². The lowest BCUT2D eigenvalue weighted by atomic mass is 10.1. The maximum atomic E-state index is 12.1. The van der Waals surface area contributed by atoms with Gasteiger partial charge in [-0.3, -0.25) is 4.79 Å². The van der Waals surface area contributed by atoms with Gasteiger partial charge in [0.1, 0.15) is 6.61 Å². The highest BCUT2D eigenvalue weighted by Gasteiger charge is 2.25. The van der Waals surface area contributed by atoms with Crippen LogP contribution in [0.3, 0.4) is 0 Å². The first-order valence-corrected chi connectivity index (χ1v) is 6.33. The van der Waals surface area contributed by atoms with E-state index in [1.54, 1.807) is 24.3 Å². The quantitative estimate of drug-likeness (QED) is 0.777. The van der Waals surface area contributed by atoms with E-state index in [4.69, 9.17) is 9.84 Å². The molecule has 19 heavy (non-hydrogen) atoms. The SMILES string of the molecule is CC1OCCC1NC(=O)c1cccc(C#CCO)c1. The highest BCUT2D eigenvalue weighted by atomic mass is 16.5. The lowest BCUT2D eigenvalue weighted by Gasteiger charge is -2.16. The Balaban J connectivity index is 2.06. The van der Waals surface area contributed by atoms with Gasteiger partial charge in [0.15, 0.2) is 0 Å². The molecule has 1 saturated heterocycles. The van der Waals surface area contributed by atoms with Crippen molar-refractivity contribution in [3.63, 3.8) is 0 Å². The Morgan fingerprint density at radius 1 is 1.58 bits per heavy atom. The second-order valence-corrected chi connectivity index (χ2v) is 4.49. The van der Waals surface area contributed by atoms with Crippen molar-refractivity contribution in [1.29, 1.82) is 0 Å². The molecule has 2 unspecified atom stereocenters. The number of aliphatic hydroxyl groups excluding tert-OH is 1. The highest BCUT2D eigenvalue weighted by molar-refractivity contribution is 5.94. The maximum Gasteiger partial charge on any atom is 0.251 e. The van der Waals surface area contributed by atoms with Gasteiger partial charge in [-0.1, -0.05) is 17.9 Å². The maximum absolute atomic E-state index is 12.1. The number of aliphatic hydroxyl groups is 1. The Morgan fingerprint density at radius 3 is 3.11 bits per heavy atom. The van der Waals surface area contributed by atoms with Crippen LogP contribution >= 0.6 is 0 Å². The van der Waals surface area contributed by atoms with Crippen LogP contribution < -0.4 is 5.32 Å². The molecule has 4 heteroatoms. The zero-order valence-corrected chi connectivity index (χ0v) is 10.8. The van der Waals surface area contributed by atoms with Crippen molar-refractivity contribution in [2.24, 2.45) is 0 Å². The standard InChI is InChI=1S/C15H17NO3/c1-11-14(7-9-19-11)16-15(18)13-6-2-4-12(10-13)5-3-8-17/h2,4,6,10-11,14,17H,7-9H2,1H3,(H,16,18). The van der Waals surface area contributed by atoms with Gasteiger partial charge in [-0.25, -0.2) is 0 Å². The molecule has 4 nitrogen and oxygen atoms in total. The van der Waals surface area contributed by atoms with Crippen molar-refractivity contribution in [2.75, 3.05) is 13.2 Å². The Labute approximate surface area is 112 Å². The number of carbonyl (C=O) groups excluding carboxylic acids is 1. The largest absolute Gasteiger partial charge is 0.384 e. The lowest BCUT2D eigenvalue weighted by Crippen LogP contribution is -2.39. The van der Waals surface area contributed by atoms with Gasteiger partial charge in [0.2, 0.25) is 0 Å². The molecule has 0 aromatic heterocycles. The van der Waals surface area contributed by atoms with Crippen LogP contribution in [0.5, 0.6) is 0 Å². The zero-order chi connectivity index (χ0) is 13.7. The summed E-state index contributed by atoms with van der Waals surface area (Å²) in [5.74, 6) is 5.24. The molecular formula is C15H17NO3. The normalized spacial score (nSPS) is 21.6. The van der Waals surface area contributed by atoms with E-state index in [0.717, 1.165) is 12.0 Å². The van der Waals surface area contributed by atoms with Crippen LogP contribution in [0, 0.1) is 11.8 Å². The molecule has 0 spiro atoms. The van der Waals surface area contributed by atoms with Crippen LogP contribution in [0.25, 0.3) is 0 Å². The summed E-state index contributed by atoms with van der Waals surface area (Å²) in [6.45, 7) is 2.46. The molecule has 2 rings (SSSR count). The fraction of sp³-hybridized carbons (Fsp3) is 0.400. The lowest BCUT2D eigenvalue weighted by molar-refractivity contribution is 0.0866. The molecule has 1 aromatic rings. The second-order valence-electron chi connectivity index (χ2n) is 4.49. The van der Waals surface area contributed by atoms with Crippen molar-refractivity contribution in [3.8, 4) is 11.8 Å². The van der Waals surface area contributed by atoms with Gasteiger partial charge < -0.3 is 15.2 Å². The first-order valence-electron chi connectivity index (χ1n) is 6.33. The average molecular weight is 259 g/mol. The van der Waals surface area contributed by atoms with Crippen LogP contribution in [0.2, 0.25) is 0 Å². The predicted molar refractivity (Wildman–Crippen MR) is 71.7 cm³/mol. The van der Waals surface area contributed by atoms with E-state index in [2.05, 4.69) is 17.2 Å². The van der Waals surface area contributed by atoms with Gasteiger partial charge in [0.05, 0.1) is 12.1 Å². The zero-order valence-electron chi connectivity index (χ0n) is 10.8. The summed E-state index contributed by atoms with van der Waals surface area (Å²) in [5.41, 5.74) is 1.29. The third-order valence-electron chi connectivity index (χ3n) is 3.13. The first-order chi connectivity index (χ1) is 9.20. The molecule has 0 saturated carbocycles. The molecule has 0 aliphatic carbocycles. The Hall–Kier alpha value is -1.83. The summed E-state index contributed by atoms with van der Waals surface area (Å²) < 4.78 is 5.41. The van der Waals surface area contributed by atoms with Crippen molar-refractivity contribution in [1.82, 2.24) is 5.32 Å². The summed E-state index contributed by atoms with van der Waals surface area (Å²) in [4.78, 5) is 12.1. The first kappa shape index (κ1) is 13.6. The van der Waals surface area contributed by atoms with E-state index < -0.39 is 0 Å². The second kappa shape index (κ2) is 6.37. The molecule has 2 atom stereocenters. The van der Waals surface area contributed by atoms with E-state index in [0.29, 0.717) is 12.2 Å². The van der Waals surface area contributed by atoms with E-state index in [1.165, 1.54) is 0 Å². The number of hydrogen-bond acceptors (Lipinski definition) is 3. The molecule has 0 radical (unpaired) electrons. The molecule has 1 aromatic carbocycles. The highest BCUT2D eigenvalue weighted by Crippen LogP contribution is 2.13. The number of hydrogen-bond donors (Lipinski definition) is 2. The molecule has 1 heterocycles. The Morgan fingerprint density at radius 2 is 2.42 bits per heavy atom. The van der Waals surface area contributed by atoms with Gasteiger partial charge in [-0.15, -0.1) is 0 Å². The minimum Gasteiger partial charge on any atom is -0.384 e. The smallest absolute Gasteiger partial charge is 0.251 e. The molecule has 1 aliphatic heterocycles. The van der Waals surface area contributed by atoms with Gasteiger partial charge >= 0.3 is 0 Å². The monoisotopic (exact) mass is 259 g/mol. The number of benzene rings is 1. The number of nitrogens with one attached hydrogen (secondary N) is 1. The molecule has 100 valence electrons. The van der Waals surface area contributed by atoms with Crippen LogP contribution in [-0.4, -0.2) is 36.4 Å². The van der Waals surface area contributed by atoms with Gasteiger partial charge in [0, 0.05) is 17.7 Å². The van der Waals surface area contributed by atoms with Gasteiger partial charge in [0.25, 0.3) is 5.91 Å². The van der Waals surface area contributed by atoms with Crippen LogP contribution in [-0.2, 0) is 4.74 Å². The van der Waals surface area contributed by atoms with E-state index in [-0.39, 0.29) is 24.7 Å². The van der Waals surface area contributed by atoms with Gasteiger partial charge in [-0.05, 0) is 31.5 Å². The summed E-state index contributed by atoms with van der Waals surface area (Å²) in [6, 6.07) is 7.13. The minimum atomic E-state index is -0.187. The van der Waals surface area contributed by atoms with Crippen LogP contribution in [0.15, 0.2) is 24.3 Å². The molecule has 0 bridgehead atoms. The van der Waals surface area contributed by atoms with Crippen molar-refractivity contribution in [3.05, 3.63) is 35.4 Å². The number of ether oxygens (including phenoxy) is 1. The third-order valence-corrected chi connectivity index (χ3v) is 3.13. The molecule has 1 amide bonds. The summed E-state index contributed by atoms with van der Waals surface area (Å²) in [7, 11) is 0. The fourth-order valence-electron chi connectivity index (χ4n) is 2.05. The number of amides is 1. The molecule has 2 N–H and O–H groups in total. The molecule has 1 fully saturated rings. The summed E-state index contributed by atoms with van der Waals surface area (Å²) in [5, 5.41) is 11.6. The summed E-state index contributed by atoms with van der Waals surface area (Å²) in [6.07, 6.45) is 0.901. The van der Waals surface area contributed by atoms with Crippen molar-refractivity contribution in [2.45, 2.75) is 25.5 Å². The average Bonchev–Trinajstić information content (AvgIpc) is 2.82. The van der Waals surface area contributed by atoms with E-state index in [9.17, 15) is 4.79 Å². The molecule has 1 aliphatic rings. The van der Waals surface area contributed by atoms with E-state index in [1.807, 2.05) is 6.92 Å². The van der Waals surface area contributed by atoms with Crippen molar-refractivity contribution >= 4 is 5.91 Å². The minimum absolute atomic E-state index is 0.0568. The summed E-state index contributed by atoms with van der Waals surface area (Å²) >= 11 is 0. The number of rotatable bonds is 2. The molecular weight excluding hydrogens is 242 g/mol. The van der Waals surface area contributed by atoms with Crippen LogP contribution in [0.1, 0.15) is 29.3 Å². The fourth-order valence-corrected chi connectivity index (χ4v) is 2.05. The number of carbonyl (C=O) groups is 1. The van der Waals surface area contributed by atoms with E-state index >= 15 is 0 Å². The Kier molecular flexibility index (Phi) is 4.56. The van der Waals surface area contributed by atoms with Crippen LogP contribution in [0.4, 0.5) is 0 Å². The van der Waals surface area contributed by atoms with Gasteiger partial charge in [-0.2, -0.15) is 0 Å². The Bertz CT molecular complexity index is 516. The topological polar surface area (TPSA) is 58.6 Å².